The van der Waals surface area contributed by atoms with Crippen LogP contribution in [0.15, 0.2) is 103 Å². The molecule has 38 heavy (non-hydrogen) atoms. The molecule has 1 N–H and O–H groups in total. The molecule has 7 heteroatoms. The highest BCUT2D eigenvalue weighted by Gasteiger charge is 2.24. The highest BCUT2D eigenvalue weighted by Crippen LogP contribution is 2.29. The van der Waals surface area contributed by atoms with E-state index >= 15 is 0 Å². The predicted octanol–water partition coefficient (Wildman–Crippen LogP) is 5.14. The molecule has 0 saturated heterocycles. The Morgan fingerprint density at radius 3 is 1.89 bits per heavy atom. The number of benzene rings is 3. The first-order valence-corrected chi connectivity index (χ1v) is 12.3. The van der Waals surface area contributed by atoms with E-state index in [9.17, 15) is 19.5 Å². The molecule has 4 rings (SSSR count). The molecule has 7 nitrogen and oxygen atoms in total. The third-order valence-corrected chi connectivity index (χ3v) is 6.19. The number of carboxylic acid groups (broad SMARTS) is 1. The molecule has 0 radical (unpaired) electrons. The fourth-order valence-electron chi connectivity index (χ4n) is 4.31. The Labute approximate surface area is 222 Å². The van der Waals surface area contributed by atoms with Crippen molar-refractivity contribution in [1.82, 2.24) is 14.8 Å². The van der Waals surface area contributed by atoms with Crippen molar-refractivity contribution in [3.05, 3.63) is 126 Å². The molecule has 0 atom stereocenters. The second-order valence-corrected chi connectivity index (χ2v) is 8.97. The Kier molecular flexibility index (Phi) is 8.61. The minimum atomic E-state index is -0.986. The molecule has 192 valence electrons. The lowest BCUT2D eigenvalue weighted by Gasteiger charge is -2.24. The number of amides is 2. The summed E-state index contributed by atoms with van der Waals surface area (Å²) in [6, 6.07) is 27.7. The Bertz CT molecular complexity index is 1410. The standard InChI is InChI=1S/C31H29N3O4/c1-33(21-23-10-3-2-4-11-23)30(37)27-15-7-5-13-25(27)26-14-6-8-16-28(26)31(38)34(19-17-29(35)36)22-24-12-9-18-32-20-24/h2-16,18,20H,17,19,21-22H2,1H3,(H,35,36). The van der Waals surface area contributed by atoms with Gasteiger partial charge in [-0.25, -0.2) is 0 Å². The summed E-state index contributed by atoms with van der Waals surface area (Å²) in [4.78, 5) is 46.0. The van der Waals surface area contributed by atoms with Crippen molar-refractivity contribution >= 4 is 17.8 Å². The fourth-order valence-corrected chi connectivity index (χ4v) is 4.31. The zero-order chi connectivity index (χ0) is 26.9. The number of aliphatic carboxylic acids is 1. The lowest BCUT2D eigenvalue weighted by Crippen LogP contribution is -2.33. The molecule has 0 spiro atoms. The highest BCUT2D eigenvalue weighted by molar-refractivity contribution is 6.06. The van der Waals surface area contributed by atoms with Gasteiger partial charge in [0.15, 0.2) is 0 Å². The van der Waals surface area contributed by atoms with Gasteiger partial charge in [0, 0.05) is 50.2 Å². The summed E-state index contributed by atoms with van der Waals surface area (Å²) in [6.07, 6.45) is 3.11. The van der Waals surface area contributed by atoms with Crippen molar-refractivity contribution in [1.29, 1.82) is 0 Å². The van der Waals surface area contributed by atoms with E-state index in [2.05, 4.69) is 4.98 Å². The van der Waals surface area contributed by atoms with E-state index in [1.807, 2.05) is 60.7 Å². The monoisotopic (exact) mass is 507 g/mol. The molecule has 0 aliphatic rings. The van der Waals surface area contributed by atoms with Crippen LogP contribution in [0.1, 0.15) is 38.3 Å². The van der Waals surface area contributed by atoms with E-state index in [1.165, 1.54) is 4.90 Å². The van der Waals surface area contributed by atoms with Gasteiger partial charge in [0.25, 0.3) is 11.8 Å². The number of pyridine rings is 1. The molecule has 0 bridgehead atoms. The van der Waals surface area contributed by atoms with Crippen LogP contribution in [0.25, 0.3) is 11.1 Å². The van der Waals surface area contributed by atoms with Crippen molar-refractivity contribution < 1.29 is 19.5 Å². The average Bonchev–Trinajstić information content (AvgIpc) is 2.95. The van der Waals surface area contributed by atoms with Gasteiger partial charge in [-0.05, 0) is 40.5 Å². The van der Waals surface area contributed by atoms with E-state index in [4.69, 9.17) is 0 Å². The number of rotatable bonds is 10. The van der Waals surface area contributed by atoms with Gasteiger partial charge in [0.2, 0.25) is 0 Å². The normalized spacial score (nSPS) is 10.6. The van der Waals surface area contributed by atoms with Gasteiger partial charge in [-0.2, -0.15) is 0 Å². The molecule has 1 heterocycles. The zero-order valence-corrected chi connectivity index (χ0v) is 21.2. The van der Waals surface area contributed by atoms with Crippen LogP contribution >= 0.6 is 0 Å². The Balaban J connectivity index is 1.67. The second kappa shape index (κ2) is 12.5. The predicted molar refractivity (Wildman–Crippen MR) is 145 cm³/mol. The maximum absolute atomic E-state index is 13.8. The third-order valence-electron chi connectivity index (χ3n) is 6.19. The number of hydrogen-bond acceptors (Lipinski definition) is 4. The smallest absolute Gasteiger partial charge is 0.305 e. The van der Waals surface area contributed by atoms with Gasteiger partial charge >= 0.3 is 5.97 Å². The first kappa shape index (κ1) is 26.3. The summed E-state index contributed by atoms with van der Waals surface area (Å²) in [6.45, 7) is 0.703. The number of aromatic nitrogens is 1. The number of nitrogens with zero attached hydrogens (tertiary/aromatic N) is 3. The lowest BCUT2D eigenvalue weighted by atomic mass is 9.94. The van der Waals surface area contributed by atoms with E-state index < -0.39 is 5.97 Å². The molecule has 0 unspecified atom stereocenters. The van der Waals surface area contributed by atoms with Crippen LogP contribution in [0.5, 0.6) is 0 Å². The number of carboxylic acids is 1. The van der Waals surface area contributed by atoms with Crippen LogP contribution in [0, 0.1) is 0 Å². The van der Waals surface area contributed by atoms with Crippen molar-refractivity contribution in [3.8, 4) is 11.1 Å². The maximum atomic E-state index is 13.8. The van der Waals surface area contributed by atoms with Crippen LogP contribution in [0.4, 0.5) is 0 Å². The largest absolute Gasteiger partial charge is 0.481 e. The molecular formula is C31H29N3O4. The number of carbonyl (C=O) groups is 3. The first-order chi connectivity index (χ1) is 18.4. The summed E-state index contributed by atoms with van der Waals surface area (Å²) in [5.41, 5.74) is 3.94. The Hall–Kier alpha value is -4.78. The van der Waals surface area contributed by atoms with E-state index in [-0.39, 0.29) is 31.3 Å². The van der Waals surface area contributed by atoms with Crippen molar-refractivity contribution in [2.75, 3.05) is 13.6 Å². The fraction of sp³-hybridized carbons (Fsp3) is 0.161. The van der Waals surface area contributed by atoms with E-state index in [0.717, 1.165) is 11.1 Å². The topological polar surface area (TPSA) is 90.8 Å². The Morgan fingerprint density at radius 2 is 1.29 bits per heavy atom. The summed E-state index contributed by atoms with van der Waals surface area (Å²) in [7, 11) is 1.75. The first-order valence-electron chi connectivity index (χ1n) is 12.3. The molecular weight excluding hydrogens is 478 g/mol. The van der Waals surface area contributed by atoms with Gasteiger partial charge in [0.05, 0.1) is 6.42 Å². The minimum Gasteiger partial charge on any atom is -0.481 e. The summed E-state index contributed by atoms with van der Waals surface area (Å²) in [5.74, 6) is -1.46. The van der Waals surface area contributed by atoms with Gasteiger partial charge in [-0.3, -0.25) is 19.4 Å². The van der Waals surface area contributed by atoms with E-state index in [1.54, 1.807) is 54.7 Å². The SMILES string of the molecule is CN(Cc1ccccc1)C(=O)c1ccccc1-c1ccccc1C(=O)N(CCC(=O)O)Cc1cccnc1. The van der Waals surface area contributed by atoms with Crippen LogP contribution < -0.4 is 0 Å². The molecule has 4 aromatic rings. The van der Waals surface area contributed by atoms with E-state index in [0.29, 0.717) is 28.8 Å². The average molecular weight is 508 g/mol. The summed E-state index contributed by atoms with van der Waals surface area (Å²) >= 11 is 0. The second-order valence-electron chi connectivity index (χ2n) is 8.97. The lowest BCUT2D eigenvalue weighted by molar-refractivity contribution is -0.137. The molecule has 2 amide bonds. The van der Waals surface area contributed by atoms with Crippen LogP contribution in [0.3, 0.4) is 0 Å². The van der Waals surface area contributed by atoms with Crippen molar-refractivity contribution in [2.45, 2.75) is 19.5 Å². The van der Waals surface area contributed by atoms with Crippen molar-refractivity contribution in [2.24, 2.45) is 0 Å². The molecule has 0 aliphatic heterocycles. The molecule has 1 aromatic heterocycles. The molecule has 3 aromatic carbocycles. The maximum Gasteiger partial charge on any atom is 0.305 e. The molecule has 0 fully saturated rings. The van der Waals surface area contributed by atoms with Gasteiger partial charge in [0.1, 0.15) is 0 Å². The zero-order valence-electron chi connectivity index (χ0n) is 21.2. The minimum absolute atomic E-state index is 0.0395. The van der Waals surface area contributed by atoms with Crippen molar-refractivity contribution in [3.63, 3.8) is 0 Å². The summed E-state index contributed by atoms with van der Waals surface area (Å²) < 4.78 is 0. The highest BCUT2D eigenvalue weighted by atomic mass is 16.4. The van der Waals surface area contributed by atoms with Crippen LogP contribution in [0.2, 0.25) is 0 Å². The number of hydrogen-bond donors (Lipinski definition) is 1. The van der Waals surface area contributed by atoms with Gasteiger partial charge < -0.3 is 14.9 Å². The molecule has 0 aliphatic carbocycles. The summed E-state index contributed by atoms with van der Waals surface area (Å²) in [5, 5.41) is 9.28. The quantitative estimate of drug-likeness (QED) is 0.321. The van der Waals surface area contributed by atoms with Crippen LogP contribution in [-0.4, -0.2) is 51.3 Å². The Morgan fingerprint density at radius 1 is 0.711 bits per heavy atom. The molecule has 0 saturated carbocycles. The van der Waals surface area contributed by atoms with Crippen LogP contribution in [-0.2, 0) is 17.9 Å². The van der Waals surface area contributed by atoms with Gasteiger partial charge in [-0.1, -0.05) is 72.8 Å². The third kappa shape index (κ3) is 6.50. The number of carbonyl (C=O) groups excluding carboxylic acids is 2. The van der Waals surface area contributed by atoms with Gasteiger partial charge in [-0.15, -0.1) is 0 Å².